The fourth-order valence-corrected chi connectivity index (χ4v) is 1.95. The number of carboxylic acid groups (broad SMARTS) is 2. The van der Waals surface area contributed by atoms with Gasteiger partial charge in [-0.2, -0.15) is 0 Å². The minimum Gasteiger partial charge on any atom is -0.504 e. The molecule has 0 amide bonds. The number of phenols is 4. The number of carboxylic acids is 2. The first-order chi connectivity index (χ1) is 12.2. The van der Waals surface area contributed by atoms with Crippen LogP contribution in [0.3, 0.4) is 0 Å². The monoisotopic (exact) mass is 364 g/mol. The largest absolute Gasteiger partial charge is 0.504 e. The summed E-state index contributed by atoms with van der Waals surface area (Å²) >= 11 is 0. The molecular formula is C18H20O8. The summed E-state index contributed by atoms with van der Waals surface area (Å²) in [4.78, 5) is 20.4. The first-order valence-corrected chi connectivity index (χ1v) is 7.64. The van der Waals surface area contributed by atoms with Gasteiger partial charge >= 0.3 is 11.9 Å². The van der Waals surface area contributed by atoms with Gasteiger partial charge in [0.1, 0.15) is 0 Å². The molecule has 0 heterocycles. The molecule has 0 unspecified atom stereocenters. The zero-order valence-electron chi connectivity index (χ0n) is 13.8. The normalized spacial score (nSPS) is 9.85. The van der Waals surface area contributed by atoms with E-state index in [0.29, 0.717) is 24.0 Å². The van der Waals surface area contributed by atoms with Crippen molar-refractivity contribution in [2.24, 2.45) is 0 Å². The molecule has 140 valence electrons. The molecule has 8 nitrogen and oxygen atoms in total. The minimum atomic E-state index is -0.882. The molecule has 26 heavy (non-hydrogen) atoms. The summed E-state index contributed by atoms with van der Waals surface area (Å²) in [6.45, 7) is 0. The third-order valence-corrected chi connectivity index (χ3v) is 3.33. The lowest BCUT2D eigenvalue weighted by molar-refractivity contribution is -0.138. The SMILES string of the molecule is O=C(O)CCc1ccc(O)c(O)c1.O=C(O)CCc1ccc(O)c(O)c1. The second-order valence-electron chi connectivity index (χ2n) is 5.43. The lowest BCUT2D eigenvalue weighted by atomic mass is 10.1. The zero-order chi connectivity index (χ0) is 19.7. The lowest BCUT2D eigenvalue weighted by Gasteiger charge is -2.01. The van der Waals surface area contributed by atoms with Crippen LogP contribution in [0, 0.1) is 0 Å². The van der Waals surface area contributed by atoms with Crippen LogP contribution in [0.2, 0.25) is 0 Å². The molecular weight excluding hydrogens is 344 g/mol. The summed E-state index contributed by atoms with van der Waals surface area (Å²) in [5.74, 6) is -2.59. The molecule has 0 aliphatic carbocycles. The Morgan fingerprint density at radius 3 is 1.23 bits per heavy atom. The molecule has 0 radical (unpaired) electrons. The molecule has 0 saturated heterocycles. The van der Waals surface area contributed by atoms with Crippen LogP contribution in [-0.4, -0.2) is 42.6 Å². The first kappa shape index (κ1) is 20.6. The highest BCUT2D eigenvalue weighted by Crippen LogP contribution is 2.26. The quantitative estimate of drug-likeness (QED) is 0.426. The Morgan fingerprint density at radius 2 is 0.962 bits per heavy atom. The third kappa shape index (κ3) is 7.43. The van der Waals surface area contributed by atoms with Crippen molar-refractivity contribution >= 4 is 11.9 Å². The topological polar surface area (TPSA) is 156 Å². The number of hydrogen-bond donors (Lipinski definition) is 6. The molecule has 2 aromatic rings. The van der Waals surface area contributed by atoms with E-state index in [9.17, 15) is 9.59 Å². The van der Waals surface area contributed by atoms with E-state index in [1.807, 2.05) is 0 Å². The maximum absolute atomic E-state index is 10.2. The Morgan fingerprint density at radius 1 is 0.615 bits per heavy atom. The van der Waals surface area contributed by atoms with Crippen LogP contribution in [-0.2, 0) is 22.4 Å². The fraction of sp³-hybridized carbons (Fsp3) is 0.222. The number of aliphatic carboxylic acids is 2. The third-order valence-electron chi connectivity index (χ3n) is 3.33. The Labute approximate surface area is 149 Å². The molecule has 6 N–H and O–H groups in total. The van der Waals surface area contributed by atoms with Crippen LogP contribution in [0.1, 0.15) is 24.0 Å². The van der Waals surface area contributed by atoms with E-state index in [0.717, 1.165) is 0 Å². The second-order valence-corrected chi connectivity index (χ2v) is 5.43. The molecule has 0 aliphatic rings. The van der Waals surface area contributed by atoms with Crippen LogP contribution >= 0.6 is 0 Å². The summed E-state index contributed by atoms with van der Waals surface area (Å²) in [5, 5.41) is 52.8. The van der Waals surface area contributed by atoms with Gasteiger partial charge in [-0.3, -0.25) is 9.59 Å². The number of carbonyl (C=O) groups is 2. The van der Waals surface area contributed by atoms with Crippen molar-refractivity contribution in [1.29, 1.82) is 0 Å². The fourth-order valence-electron chi connectivity index (χ4n) is 1.95. The summed E-state index contributed by atoms with van der Waals surface area (Å²) in [7, 11) is 0. The van der Waals surface area contributed by atoms with Gasteiger partial charge in [0, 0.05) is 12.8 Å². The molecule has 0 spiro atoms. The van der Waals surface area contributed by atoms with Gasteiger partial charge in [0.2, 0.25) is 0 Å². The predicted molar refractivity (Wildman–Crippen MR) is 91.5 cm³/mol. The average Bonchev–Trinajstić information content (AvgIpc) is 2.57. The summed E-state index contributed by atoms with van der Waals surface area (Å²) in [6.07, 6.45) is 0.737. The van der Waals surface area contributed by atoms with E-state index >= 15 is 0 Å². The first-order valence-electron chi connectivity index (χ1n) is 7.64. The predicted octanol–water partition coefficient (Wildman–Crippen LogP) is 2.23. The standard InChI is InChI=1S/2C9H10O4/c2*10-7-3-1-6(5-8(7)11)2-4-9(12)13/h2*1,3,5,10-11H,2,4H2,(H,12,13). The van der Waals surface area contributed by atoms with Gasteiger partial charge in [0.15, 0.2) is 23.0 Å². The molecule has 2 rings (SSSR count). The van der Waals surface area contributed by atoms with Crippen LogP contribution in [0.25, 0.3) is 0 Å². The van der Waals surface area contributed by atoms with Crippen LogP contribution in [0.4, 0.5) is 0 Å². The number of phenolic OH excluding ortho intramolecular Hbond substituents is 4. The summed E-state index contributed by atoms with van der Waals surface area (Å²) in [6, 6.07) is 8.56. The van der Waals surface area contributed by atoms with E-state index in [2.05, 4.69) is 0 Å². The highest BCUT2D eigenvalue weighted by atomic mass is 16.4. The van der Waals surface area contributed by atoms with Crippen molar-refractivity contribution in [1.82, 2.24) is 0 Å². The number of benzene rings is 2. The van der Waals surface area contributed by atoms with E-state index in [1.54, 1.807) is 12.1 Å². The Kier molecular flexibility index (Phi) is 7.75. The minimum absolute atomic E-state index is 0.0181. The van der Waals surface area contributed by atoms with E-state index in [4.69, 9.17) is 30.6 Å². The number of hydrogen-bond acceptors (Lipinski definition) is 6. The Hall–Kier alpha value is -3.42. The number of aromatic hydroxyl groups is 4. The lowest BCUT2D eigenvalue weighted by Crippen LogP contribution is -1.96. The van der Waals surface area contributed by atoms with Crippen molar-refractivity contribution in [2.75, 3.05) is 0 Å². The molecule has 0 aliphatic heterocycles. The molecule has 0 fully saturated rings. The van der Waals surface area contributed by atoms with E-state index in [-0.39, 0.29) is 35.8 Å². The smallest absolute Gasteiger partial charge is 0.303 e. The maximum atomic E-state index is 10.2. The highest BCUT2D eigenvalue weighted by Gasteiger charge is 2.03. The van der Waals surface area contributed by atoms with Crippen molar-refractivity contribution in [2.45, 2.75) is 25.7 Å². The van der Waals surface area contributed by atoms with Crippen LogP contribution < -0.4 is 0 Å². The number of aryl methyl sites for hydroxylation is 2. The van der Waals surface area contributed by atoms with Gasteiger partial charge < -0.3 is 30.6 Å². The van der Waals surface area contributed by atoms with Gasteiger partial charge in [-0.25, -0.2) is 0 Å². The van der Waals surface area contributed by atoms with Gasteiger partial charge in [0.25, 0.3) is 0 Å². The van der Waals surface area contributed by atoms with Crippen LogP contribution in [0.15, 0.2) is 36.4 Å². The molecule has 0 atom stereocenters. The zero-order valence-corrected chi connectivity index (χ0v) is 13.8. The van der Waals surface area contributed by atoms with E-state index in [1.165, 1.54) is 24.3 Å². The molecule has 2 aromatic carbocycles. The van der Waals surface area contributed by atoms with Crippen molar-refractivity contribution in [3.8, 4) is 23.0 Å². The van der Waals surface area contributed by atoms with Crippen molar-refractivity contribution in [3.63, 3.8) is 0 Å². The average molecular weight is 364 g/mol. The molecule has 0 saturated carbocycles. The van der Waals surface area contributed by atoms with Gasteiger partial charge in [-0.05, 0) is 48.2 Å². The molecule has 8 heteroatoms. The van der Waals surface area contributed by atoms with Crippen LogP contribution in [0.5, 0.6) is 23.0 Å². The maximum Gasteiger partial charge on any atom is 0.303 e. The Balaban J connectivity index is 0.000000260. The molecule has 0 aromatic heterocycles. The van der Waals surface area contributed by atoms with Gasteiger partial charge in [0.05, 0.1) is 0 Å². The second kappa shape index (κ2) is 9.77. The van der Waals surface area contributed by atoms with Gasteiger partial charge in [-0.1, -0.05) is 12.1 Å². The van der Waals surface area contributed by atoms with Gasteiger partial charge in [-0.15, -0.1) is 0 Å². The van der Waals surface area contributed by atoms with Crippen molar-refractivity contribution < 1.29 is 40.2 Å². The number of rotatable bonds is 6. The Bertz CT molecular complexity index is 704. The van der Waals surface area contributed by atoms with Crippen molar-refractivity contribution in [3.05, 3.63) is 47.5 Å². The summed E-state index contributed by atoms with van der Waals surface area (Å²) in [5.41, 5.74) is 1.38. The molecule has 0 bridgehead atoms. The highest BCUT2D eigenvalue weighted by molar-refractivity contribution is 5.67. The van der Waals surface area contributed by atoms with E-state index < -0.39 is 11.9 Å². The summed E-state index contributed by atoms with van der Waals surface area (Å²) < 4.78 is 0.